The first-order valence-corrected chi connectivity index (χ1v) is 15.4. The summed E-state index contributed by atoms with van der Waals surface area (Å²) < 4.78 is 35.0. The first-order chi connectivity index (χ1) is 20.8. The summed E-state index contributed by atoms with van der Waals surface area (Å²) in [5.41, 5.74) is 2.76. The van der Waals surface area contributed by atoms with E-state index in [0.29, 0.717) is 43.0 Å². The Morgan fingerprint density at radius 3 is 2.51 bits per heavy atom. The second-order valence-corrected chi connectivity index (χ2v) is 11.7. The zero-order chi connectivity index (χ0) is 30.2. The van der Waals surface area contributed by atoms with Gasteiger partial charge in [0.2, 0.25) is 10.0 Å². The van der Waals surface area contributed by atoms with E-state index in [1.165, 1.54) is 12.1 Å². The molecule has 1 amide bonds. The van der Waals surface area contributed by atoms with Gasteiger partial charge in [0.15, 0.2) is 12.2 Å². The molecule has 0 bridgehead atoms. The maximum absolute atomic E-state index is 13.4. The molecule has 5 N–H and O–H groups in total. The van der Waals surface area contributed by atoms with E-state index in [4.69, 9.17) is 4.74 Å². The Morgan fingerprint density at radius 1 is 1.02 bits per heavy atom. The van der Waals surface area contributed by atoms with Gasteiger partial charge < -0.3 is 20.7 Å². The van der Waals surface area contributed by atoms with Crippen LogP contribution < -0.4 is 20.7 Å². The summed E-state index contributed by atoms with van der Waals surface area (Å²) in [7, 11) is -4.18. The molecule has 2 unspecified atom stereocenters. The molecule has 0 aliphatic carbocycles. The highest BCUT2D eigenvalue weighted by Gasteiger charge is 2.30. The van der Waals surface area contributed by atoms with Crippen LogP contribution in [-0.2, 0) is 19.6 Å². The molecule has 1 aliphatic rings. The third-order valence-corrected chi connectivity index (χ3v) is 8.29. The van der Waals surface area contributed by atoms with Crippen molar-refractivity contribution >= 4 is 38.8 Å². The van der Waals surface area contributed by atoms with Gasteiger partial charge in [-0.1, -0.05) is 61.9 Å². The molecule has 2 atom stereocenters. The summed E-state index contributed by atoms with van der Waals surface area (Å²) in [5, 5.41) is 16.4. The number of guanidine groups is 1. The van der Waals surface area contributed by atoms with Crippen molar-refractivity contribution in [2.45, 2.75) is 36.9 Å². The van der Waals surface area contributed by atoms with Gasteiger partial charge in [0.05, 0.1) is 23.2 Å². The van der Waals surface area contributed by atoms with E-state index >= 15 is 0 Å². The summed E-state index contributed by atoms with van der Waals surface area (Å²) in [4.78, 5) is 30.7. The number of ether oxygens (including phenoxy) is 1. The summed E-state index contributed by atoms with van der Waals surface area (Å²) in [5.74, 6) is -0.837. The molecule has 3 aromatic carbocycles. The molecular weight excluding hydrogens is 570 g/mol. The van der Waals surface area contributed by atoms with Gasteiger partial charge in [0, 0.05) is 30.5 Å². The summed E-state index contributed by atoms with van der Waals surface area (Å²) >= 11 is 0. The van der Waals surface area contributed by atoms with Crippen molar-refractivity contribution in [2.24, 2.45) is 4.99 Å². The zero-order valence-electron chi connectivity index (χ0n) is 23.5. The van der Waals surface area contributed by atoms with Crippen molar-refractivity contribution in [3.8, 4) is 11.1 Å². The second-order valence-electron chi connectivity index (χ2n) is 9.96. The van der Waals surface area contributed by atoms with Crippen LogP contribution in [0.3, 0.4) is 0 Å². The van der Waals surface area contributed by atoms with E-state index in [0.717, 1.165) is 16.5 Å². The number of aliphatic imine (C=N–C) groups is 1. The van der Waals surface area contributed by atoms with Crippen LogP contribution >= 0.6 is 0 Å². The van der Waals surface area contributed by atoms with Gasteiger partial charge >= 0.3 is 5.97 Å². The lowest BCUT2D eigenvalue weighted by Crippen LogP contribution is -2.52. The Bertz CT molecular complexity index is 1710. The van der Waals surface area contributed by atoms with Crippen molar-refractivity contribution in [3.05, 3.63) is 84.6 Å². The Hall–Kier alpha value is -4.75. The van der Waals surface area contributed by atoms with E-state index in [2.05, 4.69) is 35.9 Å². The first-order valence-electron chi connectivity index (χ1n) is 14.0. The van der Waals surface area contributed by atoms with E-state index in [1.54, 1.807) is 36.5 Å². The second kappa shape index (κ2) is 13.5. The summed E-state index contributed by atoms with van der Waals surface area (Å²) in [6.07, 6.45) is 2.04. The lowest BCUT2D eigenvalue weighted by atomic mass is 10.1. The van der Waals surface area contributed by atoms with Crippen LogP contribution in [0.25, 0.3) is 22.0 Å². The minimum Gasteiger partial charge on any atom is -0.440 e. The van der Waals surface area contributed by atoms with Crippen molar-refractivity contribution in [1.82, 2.24) is 30.9 Å². The number of benzene rings is 3. The topological polar surface area (TPSA) is 167 Å². The number of hydrogen-bond acceptors (Lipinski definition) is 9. The number of carbonyl (C=O) groups is 2. The molecular formula is C30H33N7O5S. The average molecular weight is 604 g/mol. The van der Waals surface area contributed by atoms with Gasteiger partial charge in [-0.2, -0.15) is 9.82 Å². The number of aromatic nitrogens is 2. The average Bonchev–Trinajstić information content (AvgIpc) is 3.71. The molecule has 2 heterocycles. The normalized spacial score (nSPS) is 14.4. The highest BCUT2D eigenvalue weighted by molar-refractivity contribution is 7.89. The van der Waals surface area contributed by atoms with E-state index < -0.39 is 34.2 Å². The number of nitrogens with one attached hydrogen (secondary N) is 5. The molecule has 224 valence electrons. The number of hydrogen-bond donors (Lipinski definition) is 5. The monoisotopic (exact) mass is 603 g/mol. The van der Waals surface area contributed by atoms with Crippen LogP contribution in [0.2, 0.25) is 0 Å². The van der Waals surface area contributed by atoms with Gasteiger partial charge in [-0.25, -0.2) is 8.42 Å². The van der Waals surface area contributed by atoms with Gasteiger partial charge in [0.25, 0.3) is 5.91 Å². The van der Waals surface area contributed by atoms with Gasteiger partial charge in [-0.15, -0.1) is 0 Å². The molecule has 43 heavy (non-hydrogen) atoms. The number of rotatable bonds is 12. The van der Waals surface area contributed by atoms with Crippen molar-refractivity contribution in [1.29, 1.82) is 0 Å². The molecule has 5 rings (SSSR count). The molecule has 1 aromatic heterocycles. The molecule has 12 nitrogen and oxygen atoms in total. The number of fused-ring (bicyclic) bond motifs is 1. The van der Waals surface area contributed by atoms with Crippen LogP contribution in [0, 0.1) is 0 Å². The summed E-state index contributed by atoms with van der Waals surface area (Å²) in [6.45, 7) is 2.84. The maximum Gasteiger partial charge on any atom is 0.327 e. The van der Waals surface area contributed by atoms with Crippen LogP contribution in [0.5, 0.6) is 0 Å². The molecule has 4 aromatic rings. The predicted octanol–water partition coefficient (Wildman–Crippen LogP) is 2.53. The highest BCUT2D eigenvalue weighted by Crippen LogP contribution is 2.21. The lowest BCUT2D eigenvalue weighted by molar-refractivity contribution is -0.152. The molecule has 0 saturated carbocycles. The van der Waals surface area contributed by atoms with Gasteiger partial charge in [-0.3, -0.25) is 19.7 Å². The largest absolute Gasteiger partial charge is 0.440 e. The Kier molecular flexibility index (Phi) is 9.32. The van der Waals surface area contributed by atoms with E-state index in [9.17, 15) is 18.0 Å². The third kappa shape index (κ3) is 7.56. The number of amides is 1. The zero-order valence-corrected chi connectivity index (χ0v) is 24.4. The molecule has 0 spiro atoms. The Balaban J connectivity index is 1.33. The van der Waals surface area contributed by atoms with Crippen LogP contribution in [0.4, 0.5) is 0 Å². The number of esters is 1. The minimum atomic E-state index is -4.18. The summed E-state index contributed by atoms with van der Waals surface area (Å²) in [6, 6.07) is 19.4. The standard InChI is InChI=1S/C30H33N7O5S/c1-2-6-27(35-30-31-15-16-32-30)42-29(39)26(19-33-28(38)22-9-10-23-18-34-36-25(23)17-22)37-43(40,41)24-13-11-21(12-14-24)20-7-4-3-5-8-20/h3-5,7-14,17-18,26-27,37H,2,6,15-16,19H2,1H3,(H,33,38)(H,34,36)(H2,31,32,35). The number of nitrogens with zero attached hydrogens (tertiary/aromatic N) is 2. The Morgan fingerprint density at radius 2 is 1.79 bits per heavy atom. The first kappa shape index (κ1) is 29.7. The third-order valence-electron chi connectivity index (χ3n) is 6.81. The van der Waals surface area contributed by atoms with Gasteiger partial charge in [-0.05, 0) is 35.4 Å². The fraction of sp³-hybridized carbons (Fsp3) is 0.267. The fourth-order valence-corrected chi connectivity index (χ4v) is 5.74. The van der Waals surface area contributed by atoms with Gasteiger partial charge in [0.1, 0.15) is 6.04 Å². The van der Waals surface area contributed by atoms with Crippen LogP contribution in [0.1, 0.15) is 30.1 Å². The van der Waals surface area contributed by atoms with E-state index in [-0.39, 0.29) is 11.4 Å². The fourth-order valence-electron chi connectivity index (χ4n) is 4.55. The highest BCUT2D eigenvalue weighted by atomic mass is 32.2. The minimum absolute atomic E-state index is 0.0336. The number of aromatic amines is 1. The molecule has 13 heteroatoms. The molecule has 1 aliphatic heterocycles. The molecule has 0 fully saturated rings. The van der Waals surface area contributed by atoms with E-state index in [1.807, 2.05) is 37.3 Å². The van der Waals surface area contributed by atoms with Crippen LogP contribution in [-0.4, -0.2) is 68.4 Å². The van der Waals surface area contributed by atoms with Crippen molar-refractivity contribution < 1.29 is 22.7 Å². The van der Waals surface area contributed by atoms with Crippen molar-refractivity contribution in [3.63, 3.8) is 0 Å². The number of H-pyrrole nitrogens is 1. The Labute approximate surface area is 249 Å². The number of sulfonamides is 1. The smallest absolute Gasteiger partial charge is 0.327 e. The van der Waals surface area contributed by atoms with Crippen molar-refractivity contribution in [2.75, 3.05) is 19.6 Å². The quantitative estimate of drug-likeness (QED) is 0.122. The lowest BCUT2D eigenvalue weighted by Gasteiger charge is -2.24. The predicted molar refractivity (Wildman–Crippen MR) is 163 cm³/mol. The SMILES string of the molecule is CCCC(NC1=NCCN1)OC(=O)C(CNC(=O)c1ccc2cn[nH]c2c1)NS(=O)(=O)c1ccc(-c2ccccc2)cc1. The van der Waals surface area contributed by atoms with Crippen LogP contribution in [0.15, 0.2) is 88.9 Å². The maximum atomic E-state index is 13.4. The number of carbonyl (C=O) groups excluding carboxylic acids is 2. The molecule has 0 radical (unpaired) electrons. The molecule has 0 saturated heterocycles.